The minimum Gasteiger partial charge on any atom is -0.394 e. The van der Waals surface area contributed by atoms with E-state index >= 15 is 0 Å². The van der Waals surface area contributed by atoms with E-state index in [1.807, 2.05) is 0 Å². The Morgan fingerprint density at radius 3 is 2.92 bits per heavy atom. The van der Waals surface area contributed by atoms with Crippen molar-refractivity contribution in [2.75, 3.05) is 6.61 Å². The Balaban J connectivity index is 2.46. The van der Waals surface area contributed by atoms with E-state index in [0.717, 1.165) is 0 Å². The lowest BCUT2D eigenvalue weighted by atomic mass is 10.1. The van der Waals surface area contributed by atoms with Crippen LogP contribution >= 0.6 is 0 Å². The lowest BCUT2D eigenvalue weighted by Gasteiger charge is -2.06. The smallest absolute Gasteiger partial charge is 0.242 e. The highest BCUT2D eigenvalue weighted by atomic mass is 16.3. The number of hydrogen-bond acceptors (Lipinski definition) is 3. The van der Waals surface area contributed by atoms with Gasteiger partial charge in [-0.15, -0.1) is 0 Å². The fourth-order valence-corrected chi connectivity index (χ4v) is 1.17. The number of carbonyl (C=O) groups excluding carboxylic acids is 2. The second kappa shape index (κ2) is 3.58. The van der Waals surface area contributed by atoms with Gasteiger partial charge in [0.2, 0.25) is 13.8 Å². The van der Waals surface area contributed by atoms with E-state index < -0.39 is 11.8 Å². The Labute approximate surface area is 70.9 Å². The van der Waals surface area contributed by atoms with Crippen molar-refractivity contribution in [3.05, 3.63) is 0 Å². The molecule has 5 nitrogen and oxygen atoms in total. The zero-order chi connectivity index (χ0) is 9.14. The molecular formula is C6H9BN2O3. The maximum absolute atomic E-state index is 11.0. The van der Waals surface area contributed by atoms with Gasteiger partial charge in [0.05, 0.1) is 12.6 Å². The summed E-state index contributed by atoms with van der Waals surface area (Å²) in [5, 5.41) is 13.4. The summed E-state index contributed by atoms with van der Waals surface area (Å²) in [5.41, 5.74) is 0. The van der Waals surface area contributed by atoms with E-state index in [-0.39, 0.29) is 18.6 Å². The van der Waals surface area contributed by atoms with Crippen molar-refractivity contribution in [1.82, 2.24) is 10.6 Å². The van der Waals surface area contributed by atoms with Crippen molar-refractivity contribution in [2.24, 2.45) is 0 Å². The van der Waals surface area contributed by atoms with Gasteiger partial charge in [-0.2, -0.15) is 0 Å². The van der Waals surface area contributed by atoms with Crippen LogP contribution in [0.2, 0.25) is 0 Å². The van der Waals surface area contributed by atoms with E-state index in [4.69, 9.17) is 13.0 Å². The van der Waals surface area contributed by atoms with Gasteiger partial charge in [0, 0.05) is 0 Å². The quantitative estimate of drug-likeness (QED) is 0.422. The molecule has 0 bridgehead atoms. The number of rotatable bonds is 2. The molecule has 1 saturated heterocycles. The zero-order valence-electron chi connectivity index (χ0n) is 6.41. The normalized spacial score (nSPS) is 28.2. The molecule has 1 heterocycles. The van der Waals surface area contributed by atoms with E-state index in [2.05, 4.69) is 10.6 Å². The fourth-order valence-electron chi connectivity index (χ4n) is 1.17. The standard InChI is InChI=1S/C6H9BN2O3/c7-6(12)9-4-1-3(2-10)8-5(4)11/h3-4,10H,1-2H2,(H,8,11)(H,9,12). The fraction of sp³-hybridized carbons (Fsp3) is 0.667. The van der Waals surface area contributed by atoms with Crippen LogP contribution in [0.5, 0.6) is 0 Å². The van der Waals surface area contributed by atoms with Crippen LogP contribution < -0.4 is 10.6 Å². The zero-order valence-corrected chi connectivity index (χ0v) is 6.41. The number of amides is 2. The lowest BCUT2D eigenvalue weighted by Crippen LogP contribution is -2.39. The predicted octanol–water partition coefficient (Wildman–Crippen LogP) is -1.89. The summed E-state index contributed by atoms with van der Waals surface area (Å²) >= 11 is 0. The average molecular weight is 168 g/mol. The van der Waals surface area contributed by atoms with Gasteiger partial charge in [-0.05, 0) is 6.42 Å². The molecule has 12 heavy (non-hydrogen) atoms. The van der Waals surface area contributed by atoms with Crippen LogP contribution in [-0.2, 0) is 4.79 Å². The molecule has 1 aliphatic rings. The monoisotopic (exact) mass is 168 g/mol. The second-order valence-corrected chi connectivity index (χ2v) is 2.68. The van der Waals surface area contributed by atoms with Crippen LogP contribution in [0.4, 0.5) is 4.79 Å². The molecule has 2 atom stereocenters. The van der Waals surface area contributed by atoms with E-state index in [1.165, 1.54) is 0 Å². The third-order valence-electron chi connectivity index (χ3n) is 1.72. The largest absolute Gasteiger partial charge is 0.394 e. The van der Waals surface area contributed by atoms with Crippen LogP contribution in [0.3, 0.4) is 0 Å². The molecule has 1 aliphatic heterocycles. The van der Waals surface area contributed by atoms with Gasteiger partial charge in [0.15, 0.2) is 5.81 Å². The van der Waals surface area contributed by atoms with Crippen molar-refractivity contribution >= 4 is 19.6 Å². The van der Waals surface area contributed by atoms with E-state index in [0.29, 0.717) is 6.42 Å². The van der Waals surface area contributed by atoms with E-state index in [1.54, 1.807) is 0 Å². The molecule has 6 heteroatoms. The Hall–Kier alpha value is -1.04. The lowest BCUT2D eigenvalue weighted by molar-refractivity contribution is -0.120. The molecule has 0 saturated carbocycles. The Bertz CT molecular complexity index is 209. The molecule has 64 valence electrons. The SMILES string of the molecule is [B]C(=O)NC1CC(CO)NC1=O. The Kier molecular flexibility index (Phi) is 2.70. The molecule has 0 aliphatic carbocycles. The Morgan fingerprint density at radius 1 is 1.83 bits per heavy atom. The van der Waals surface area contributed by atoms with Crippen molar-refractivity contribution in [1.29, 1.82) is 0 Å². The average Bonchev–Trinajstić information content (AvgIpc) is 2.31. The van der Waals surface area contributed by atoms with Crippen LogP contribution in [0.25, 0.3) is 0 Å². The van der Waals surface area contributed by atoms with Gasteiger partial charge >= 0.3 is 0 Å². The summed E-state index contributed by atoms with van der Waals surface area (Å²) in [4.78, 5) is 21.4. The number of aliphatic hydroxyl groups excluding tert-OH is 1. The molecule has 1 fully saturated rings. The molecule has 0 aromatic rings. The van der Waals surface area contributed by atoms with Gasteiger partial charge in [-0.3, -0.25) is 9.59 Å². The van der Waals surface area contributed by atoms with Gasteiger partial charge < -0.3 is 15.7 Å². The van der Waals surface area contributed by atoms with Gasteiger partial charge in [0.1, 0.15) is 6.04 Å². The summed E-state index contributed by atoms with van der Waals surface area (Å²) in [6.45, 7) is -0.122. The topological polar surface area (TPSA) is 78.4 Å². The van der Waals surface area contributed by atoms with Crippen molar-refractivity contribution in [3.8, 4) is 0 Å². The van der Waals surface area contributed by atoms with Gasteiger partial charge in [-0.25, -0.2) is 0 Å². The molecular weight excluding hydrogens is 159 g/mol. The van der Waals surface area contributed by atoms with Crippen molar-refractivity contribution in [3.63, 3.8) is 0 Å². The number of carbonyl (C=O) groups is 2. The van der Waals surface area contributed by atoms with Gasteiger partial charge in [0.25, 0.3) is 0 Å². The first-order valence-corrected chi connectivity index (χ1v) is 3.60. The maximum Gasteiger partial charge on any atom is 0.242 e. The molecule has 2 unspecified atom stereocenters. The third kappa shape index (κ3) is 1.98. The van der Waals surface area contributed by atoms with Crippen molar-refractivity contribution < 1.29 is 14.7 Å². The maximum atomic E-state index is 11.0. The highest BCUT2D eigenvalue weighted by Crippen LogP contribution is 2.06. The first-order valence-electron chi connectivity index (χ1n) is 3.60. The van der Waals surface area contributed by atoms with Gasteiger partial charge in [-0.1, -0.05) is 0 Å². The first-order chi connectivity index (χ1) is 5.63. The molecule has 0 aromatic carbocycles. The van der Waals surface area contributed by atoms with Crippen LogP contribution in [0.15, 0.2) is 0 Å². The first kappa shape index (κ1) is 9.06. The minimum atomic E-state index is -0.728. The summed E-state index contributed by atoms with van der Waals surface area (Å²) < 4.78 is 0. The second-order valence-electron chi connectivity index (χ2n) is 2.68. The van der Waals surface area contributed by atoms with Crippen LogP contribution in [0, 0.1) is 0 Å². The summed E-state index contributed by atoms with van der Waals surface area (Å²) in [7, 11) is 4.83. The molecule has 1 rings (SSSR count). The number of aliphatic hydroxyl groups is 1. The number of nitrogens with one attached hydrogen (secondary N) is 2. The molecule has 0 aromatic heterocycles. The van der Waals surface area contributed by atoms with E-state index in [9.17, 15) is 9.59 Å². The molecule has 0 spiro atoms. The highest BCUT2D eigenvalue weighted by Gasteiger charge is 2.31. The third-order valence-corrected chi connectivity index (χ3v) is 1.72. The van der Waals surface area contributed by atoms with Crippen LogP contribution in [-0.4, -0.2) is 43.4 Å². The molecule has 3 N–H and O–H groups in total. The number of hydrogen-bond donors (Lipinski definition) is 3. The summed E-state index contributed by atoms with van der Waals surface area (Å²) in [5.74, 6) is -1.03. The highest BCUT2D eigenvalue weighted by molar-refractivity contribution is 6.57. The minimum absolute atomic E-state index is 0.122. The molecule has 2 amide bonds. The summed E-state index contributed by atoms with van der Waals surface area (Å²) in [6, 6.07) is -0.867. The van der Waals surface area contributed by atoms with Crippen molar-refractivity contribution in [2.45, 2.75) is 18.5 Å². The Morgan fingerprint density at radius 2 is 2.50 bits per heavy atom. The van der Waals surface area contributed by atoms with Crippen LogP contribution in [0.1, 0.15) is 6.42 Å². The summed E-state index contributed by atoms with van der Waals surface area (Å²) in [6.07, 6.45) is 0.387. The molecule has 2 radical (unpaired) electrons. The predicted molar refractivity (Wildman–Crippen MR) is 41.7 cm³/mol.